The Bertz CT molecular complexity index is 961. The number of carbonyl (C=O) groups is 2. The highest BCUT2D eigenvalue weighted by Crippen LogP contribution is 2.24. The predicted molar refractivity (Wildman–Crippen MR) is 109 cm³/mol. The number of halogens is 1. The first-order valence-electron chi connectivity index (χ1n) is 8.47. The lowest BCUT2D eigenvalue weighted by atomic mass is 10.1. The summed E-state index contributed by atoms with van der Waals surface area (Å²) in [4.78, 5) is 24.8. The second kappa shape index (κ2) is 9.07. The van der Waals surface area contributed by atoms with E-state index in [1.54, 1.807) is 25.1 Å². The zero-order valence-corrected chi connectivity index (χ0v) is 17.3. The van der Waals surface area contributed by atoms with E-state index in [0.717, 1.165) is 10.6 Å². The molecule has 0 aliphatic rings. The maximum absolute atomic E-state index is 12.8. The van der Waals surface area contributed by atoms with Gasteiger partial charge in [0.15, 0.2) is 0 Å². The van der Waals surface area contributed by atoms with Crippen molar-refractivity contribution in [1.29, 1.82) is 0 Å². The molecule has 1 atom stereocenters. The summed E-state index contributed by atoms with van der Waals surface area (Å²) in [6.07, 6.45) is 1.01. The van der Waals surface area contributed by atoms with Crippen LogP contribution in [0.4, 0.5) is 11.4 Å². The molecule has 0 saturated carbocycles. The Morgan fingerprint density at radius 3 is 2.32 bits per heavy atom. The van der Waals surface area contributed by atoms with Gasteiger partial charge in [0, 0.05) is 5.02 Å². The molecular weight excluding hydrogens is 404 g/mol. The first-order valence-corrected chi connectivity index (χ1v) is 10.7. The van der Waals surface area contributed by atoms with E-state index in [9.17, 15) is 18.0 Å². The molecule has 0 radical (unpaired) electrons. The number of anilines is 2. The van der Waals surface area contributed by atoms with Crippen LogP contribution in [0.15, 0.2) is 48.5 Å². The number of rotatable bonds is 7. The van der Waals surface area contributed by atoms with Gasteiger partial charge in [-0.2, -0.15) is 0 Å². The van der Waals surface area contributed by atoms with E-state index in [1.165, 1.54) is 37.3 Å². The lowest BCUT2D eigenvalue weighted by Crippen LogP contribution is -2.45. The third-order valence-corrected chi connectivity index (χ3v) is 5.34. The SMILES string of the molecule is CCOC(=O)c1ccccc1NC(=O)[C@@H](C)N(c1ccc(Cl)cc1)S(C)(=O)=O. The number of para-hydroxylation sites is 1. The molecule has 0 aliphatic heterocycles. The van der Waals surface area contributed by atoms with Gasteiger partial charge in [0.1, 0.15) is 6.04 Å². The molecule has 0 fully saturated rings. The Balaban J connectivity index is 2.32. The minimum Gasteiger partial charge on any atom is -0.462 e. The molecule has 0 saturated heterocycles. The summed E-state index contributed by atoms with van der Waals surface area (Å²) in [5.41, 5.74) is 0.720. The van der Waals surface area contributed by atoms with Crippen molar-refractivity contribution >= 4 is 44.9 Å². The van der Waals surface area contributed by atoms with Crippen LogP contribution in [0.2, 0.25) is 5.02 Å². The largest absolute Gasteiger partial charge is 0.462 e. The fraction of sp³-hybridized carbons (Fsp3) is 0.263. The molecule has 0 aromatic heterocycles. The van der Waals surface area contributed by atoms with Crippen molar-refractivity contribution in [3.8, 4) is 0 Å². The van der Waals surface area contributed by atoms with Gasteiger partial charge >= 0.3 is 5.97 Å². The minimum absolute atomic E-state index is 0.183. The normalized spacial score (nSPS) is 12.1. The Labute approximate surface area is 169 Å². The lowest BCUT2D eigenvalue weighted by Gasteiger charge is -2.28. The zero-order valence-electron chi connectivity index (χ0n) is 15.7. The number of benzene rings is 2. The molecule has 0 spiro atoms. The van der Waals surface area contributed by atoms with Crippen LogP contribution in [-0.2, 0) is 19.6 Å². The van der Waals surface area contributed by atoms with Gasteiger partial charge in [-0.3, -0.25) is 9.10 Å². The van der Waals surface area contributed by atoms with E-state index in [2.05, 4.69) is 5.32 Å². The number of sulfonamides is 1. The summed E-state index contributed by atoms with van der Waals surface area (Å²) < 4.78 is 30.6. The third kappa shape index (κ3) is 5.24. The van der Waals surface area contributed by atoms with Crippen LogP contribution >= 0.6 is 11.6 Å². The lowest BCUT2D eigenvalue weighted by molar-refractivity contribution is -0.116. The highest BCUT2D eigenvalue weighted by Gasteiger charge is 2.29. The van der Waals surface area contributed by atoms with Gasteiger partial charge in [0.05, 0.1) is 29.8 Å². The molecule has 2 aromatic rings. The van der Waals surface area contributed by atoms with Gasteiger partial charge in [0.25, 0.3) is 0 Å². The molecule has 150 valence electrons. The highest BCUT2D eigenvalue weighted by atomic mass is 35.5. The van der Waals surface area contributed by atoms with Crippen molar-refractivity contribution in [3.05, 3.63) is 59.1 Å². The molecule has 1 N–H and O–H groups in total. The van der Waals surface area contributed by atoms with Crippen LogP contribution in [0, 0.1) is 0 Å². The maximum Gasteiger partial charge on any atom is 0.340 e. The van der Waals surface area contributed by atoms with Crippen LogP contribution in [0.3, 0.4) is 0 Å². The third-order valence-electron chi connectivity index (χ3n) is 3.85. The van der Waals surface area contributed by atoms with E-state index >= 15 is 0 Å². The van der Waals surface area contributed by atoms with E-state index in [1.807, 2.05) is 0 Å². The van der Waals surface area contributed by atoms with E-state index < -0.39 is 27.9 Å². The van der Waals surface area contributed by atoms with E-state index in [4.69, 9.17) is 16.3 Å². The standard InChI is InChI=1S/C19H21ClN2O5S/c1-4-27-19(24)16-7-5-6-8-17(16)21-18(23)13(2)22(28(3,25)26)15-11-9-14(20)10-12-15/h5-13H,4H2,1-3H3,(H,21,23)/t13-/m1/s1. The number of ether oxygens (including phenoxy) is 1. The van der Waals surface area contributed by atoms with Gasteiger partial charge in [-0.1, -0.05) is 23.7 Å². The molecule has 0 bridgehead atoms. The first kappa shape index (κ1) is 21.7. The average molecular weight is 425 g/mol. The molecule has 2 aromatic carbocycles. The number of carbonyl (C=O) groups excluding carboxylic acids is 2. The van der Waals surface area contributed by atoms with Crippen molar-refractivity contribution < 1.29 is 22.7 Å². The molecule has 28 heavy (non-hydrogen) atoms. The maximum atomic E-state index is 12.8. The summed E-state index contributed by atoms with van der Waals surface area (Å²) in [6, 6.07) is 11.4. The van der Waals surface area contributed by atoms with Crippen molar-refractivity contribution in [2.45, 2.75) is 19.9 Å². The van der Waals surface area contributed by atoms with Crippen LogP contribution in [-0.4, -0.2) is 39.2 Å². The monoisotopic (exact) mass is 424 g/mol. The quantitative estimate of drug-likeness (QED) is 0.688. The molecule has 7 nitrogen and oxygen atoms in total. The highest BCUT2D eigenvalue weighted by molar-refractivity contribution is 7.92. The van der Waals surface area contributed by atoms with Gasteiger partial charge in [-0.05, 0) is 50.2 Å². The van der Waals surface area contributed by atoms with Gasteiger partial charge in [-0.15, -0.1) is 0 Å². The average Bonchev–Trinajstić information content (AvgIpc) is 2.63. The smallest absolute Gasteiger partial charge is 0.340 e. The molecule has 9 heteroatoms. The molecule has 0 unspecified atom stereocenters. The molecule has 1 amide bonds. The Hall–Kier alpha value is -2.58. The van der Waals surface area contributed by atoms with Gasteiger partial charge in [-0.25, -0.2) is 13.2 Å². The Kier molecular flexibility index (Phi) is 7.04. The molecule has 0 aliphatic carbocycles. The topological polar surface area (TPSA) is 92.8 Å². The summed E-state index contributed by atoms with van der Waals surface area (Å²) in [5.74, 6) is -1.18. The number of nitrogens with zero attached hydrogens (tertiary/aromatic N) is 1. The van der Waals surface area contributed by atoms with Gasteiger partial charge < -0.3 is 10.1 Å². The Morgan fingerprint density at radius 1 is 1.14 bits per heavy atom. The molecule has 2 rings (SSSR count). The zero-order chi connectivity index (χ0) is 20.9. The predicted octanol–water partition coefficient (Wildman–Crippen LogP) is 3.31. The number of amides is 1. The van der Waals surface area contributed by atoms with Crippen molar-refractivity contribution in [3.63, 3.8) is 0 Å². The van der Waals surface area contributed by atoms with Crippen LogP contribution in [0.25, 0.3) is 0 Å². The second-order valence-corrected chi connectivity index (χ2v) is 8.26. The van der Waals surface area contributed by atoms with E-state index in [0.29, 0.717) is 10.7 Å². The van der Waals surface area contributed by atoms with Gasteiger partial charge in [0.2, 0.25) is 15.9 Å². The van der Waals surface area contributed by atoms with Crippen LogP contribution < -0.4 is 9.62 Å². The molecule has 0 heterocycles. The first-order chi connectivity index (χ1) is 13.1. The number of hydrogen-bond donors (Lipinski definition) is 1. The fourth-order valence-electron chi connectivity index (χ4n) is 2.61. The summed E-state index contributed by atoms with van der Waals surface area (Å²) in [6.45, 7) is 3.32. The number of esters is 1. The summed E-state index contributed by atoms with van der Waals surface area (Å²) in [7, 11) is -3.76. The summed E-state index contributed by atoms with van der Waals surface area (Å²) >= 11 is 5.86. The molecular formula is C19H21ClN2O5S. The second-order valence-electron chi connectivity index (χ2n) is 5.97. The van der Waals surface area contributed by atoms with Crippen molar-refractivity contribution in [1.82, 2.24) is 0 Å². The van der Waals surface area contributed by atoms with Crippen LogP contribution in [0.1, 0.15) is 24.2 Å². The Morgan fingerprint density at radius 2 is 1.75 bits per heavy atom. The van der Waals surface area contributed by atoms with Crippen LogP contribution in [0.5, 0.6) is 0 Å². The minimum atomic E-state index is -3.76. The number of hydrogen-bond acceptors (Lipinski definition) is 5. The van der Waals surface area contributed by atoms with E-state index in [-0.39, 0.29) is 17.9 Å². The number of nitrogens with one attached hydrogen (secondary N) is 1. The fourth-order valence-corrected chi connectivity index (χ4v) is 3.91. The van der Waals surface area contributed by atoms with Crippen molar-refractivity contribution in [2.75, 3.05) is 22.5 Å². The van der Waals surface area contributed by atoms with Crippen molar-refractivity contribution in [2.24, 2.45) is 0 Å². The summed E-state index contributed by atoms with van der Waals surface area (Å²) in [5, 5.41) is 3.05.